The van der Waals surface area contributed by atoms with E-state index in [9.17, 15) is 19.1 Å². The van der Waals surface area contributed by atoms with Crippen LogP contribution in [0, 0.1) is 12.7 Å². The number of benzene rings is 2. The van der Waals surface area contributed by atoms with Gasteiger partial charge >= 0.3 is 5.97 Å². The lowest BCUT2D eigenvalue weighted by atomic mass is 9.90. The molecule has 156 valence electrons. The van der Waals surface area contributed by atoms with Crippen LogP contribution in [-0.4, -0.2) is 39.5 Å². The van der Waals surface area contributed by atoms with Crippen LogP contribution in [0.3, 0.4) is 0 Å². The number of amides is 1. The Morgan fingerprint density at radius 2 is 1.93 bits per heavy atom. The number of carbonyl (C=O) groups is 2. The number of aryl methyl sites for hydroxylation is 1. The lowest BCUT2D eigenvalue weighted by Gasteiger charge is -2.32. The fourth-order valence-corrected chi connectivity index (χ4v) is 4.46. The first-order valence-corrected chi connectivity index (χ1v) is 10.2. The highest BCUT2D eigenvalue weighted by atomic mass is 19.1. The van der Waals surface area contributed by atoms with Crippen molar-refractivity contribution in [3.8, 4) is 0 Å². The molecule has 0 bridgehead atoms. The van der Waals surface area contributed by atoms with Crippen molar-refractivity contribution in [2.75, 3.05) is 7.05 Å². The smallest absolute Gasteiger partial charge is 0.323 e. The van der Waals surface area contributed by atoms with Crippen LogP contribution in [0.4, 0.5) is 4.39 Å². The predicted molar refractivity (Wildman–Crippen MR) is 113 cm³/mol. The SMILES string of the molecule is Cc1ccc(CC(=O)N(C)C2CCc3c(c4cc(F)ccc4n3CC(=O)O)C2)cc1. The zero-order chi connectivity index (χ0) is 21.4. The number of hydrogen-bond acceptors (Lipinski definition) is 2. The minimum absolute atomic E-state index is 0.00240. The second kappa shape index (κ2) is 7.94. The van der Waals surface area contributed by atoms with Gasteiger partial charge in [-0.1, -0.05) is 29.8 Å². The summed E-state index contributed by atoms with van der Waals surface area (Å²) in [5.74, 6) is -1.22. The van der Waals surface area contributed by atoms with E-state index in [0.717, 1.165) is 39.7 Å². The molecule has 0 saturated heterocycles. The summed E-state index contributed by atoms with van der Waals surface area (Å²) in [6.45, 7) is 1.87. The van der Waals surface area contributed by atoms with E-state index in [4.69, 9.17) is 0 Å². The predicted octanol–water partition coefficient (Wildman–Crippen LogP) is 3.73. The molecule has 6 heteroatoms. The Morgan fingerprint density at radius 3 is 2.63 bits per heavy atom. The third-order valence-electron chi connectivity index (χ3n) is 6.11. The second-order valence-corrected chi connectivity index (χ2v) is 8.13. The highest BCUT2D eigenvalue weighted by molar-refractivity contribution is 5.87. The average molecular weight is 408 g/mol. The molecule has 1 aliphatic carbocycles. The summed E-state index contributed by atoms with van der Waals surface area (Å²) in [5, 5.41) is 10.1. The molecule has 1 aromatic heterocycles. The van der Waals surface area contributed by atoms with Crippen LogP contribution in [0.2, 0.25) is 0 Å². The molecule has 1 amide bonds. The molecule has 1 atom stereocenters. The van der Waals surface area contributed by atoms with Crippen LogP contribution in [0.5, 0.6) is 0 Å². The van der Waals surface area contributed by atoms with Crippen molar-refractivity contribution in [1.82, 2.24) is 9.47 Å². The topological polar surface area (TPSA) is 62.5 Å². The molecular weight excluding hydrogens is 383 g/mol. The van der Waals surface area contributed by atoms with E-state index in [1.807, 2.05) is 38.2 Å². The number of likely N-dealkylation sites (N-methyl/N-ethyl adjacent to an activating group) is 1. The largest absolute Gasteiger partial charge is 0.480 e. The van der Waals surface area contributed by atoms with Gasteiger partial charge in [-0.05, 0) is 55.5 Å². The molecule has 5 nitrogen and oxygen atoms in total. The molecule has 2 aromatic carbocycles. The maximum atomic E-state index is 13.9. The molecule has 1 N–H and O–H groups in total. The molecular formula is C24H25FN2O3. The number of carboxylic acids is 1. The quantitative estimate of drug-likeness (QED) is 0.700. The van der Waals surface area contributed by atoms with Crippen LogP contribution >= 0.6 is 0 Å². The molecule has 1 heterocycles. The molecule has 30 heavy (non-hydrogen) atoms. The number of aromatic nitrogens is 1. The lowest BCUT2D eigenvalue weighted by Crippen LogP contribution is -2.41. The summed E-state index contributed by atoms with van der Waals surface area (Å²) in [7, 11) is 1.82. The number of carboxylic acid groups (broad SMARTS) is 1. The minimum Gasteiger partial charge on any atom is -0.480 e. The monoisotopic (exact) mass is 408 g/mol. The van der Waals surface area contributed by atoms with Gasteiger partial charge in [-0.3, -0.25) is 9.59 Å². The maximum Gasteiger partial charge on any atom is 0.323 e. The summed E-state index contributed by atoms with van der Waals surface area (Å²) in [6.07, 6.45) is 2.35. The van der Waals surface area contributed by atoms with Gasteiger partial charge in [-0.2, -0.15) is 0 Å². The van der Waals surface area contributed by atoms with Crippen molar-refractivity contribution in [1.29, 1.82) is 0 Å². The zero-order valence-corrected chi connectivity index (χ0v) is 17.2. The molecule has 0 saturated carbocycles. The van der Waals surface area contributed by atoms with Crippen molar-refractivity contribution in [3.05, 3.63) is 70.7 Å². The molecule has 0 radical (unpaired) electrons. The van der Waals surface area contributed by atoms with Gasteiger partial charge in [0.15, 0.2) is 0 Å². The average Bonchev–Trinajstić information content (AvgIpc) is 3.01. The van der Waals surface area contributed by atoms with Crippen LogP contribution in [0.1, 0.15) is 28.8 Å². The Labute approximate surface area is 174 Å². The van der Waals surface area contributed by atoms with E-state index in [1.54, 1.807) is 15.5 Å². The number of carbonyl (C=O) groups excluding carboxylic acids is 1. The Bertz CT molecular complexity index is 1120. The van der Waals surface area contributed by atoms with Gasteiger partial charge in [0.25, 0.3) is 0 Å². The van der Waals surface area contributed by atoms with Crippen molar-refractivity contribution in [3.63, 3.8) is 0 Å². The normalized spacial score (nSPS) is 15.8. The van der Waals surface area contributed by atoms with Crippen LogP contribution in [0.15, 0.2) is 42.5 Å². The fourth-order valence-electron chi connectivity index (χ4n) is 4.46. The Kier molecular flexibility index (Phi) is 5.33. The number of fused-ring (bicyclic) bond motifs is 3. The van der Waals surface area contributed by atoms with Gasteiger partial charge < -0.3 is 14.6 Å². The summed E-state index contributed by atoms with van der Waals surface area (Å²) in [6, 6.07) is 12.4. The molecule has 0 aliphatic heterocycles. The molecule has 3 aromatic rings. The number of rotatable bonds is 5. The van der Waals surface area contributed by atoms with Gasteiger partial charge in [0.2, 0.25) is 5.91 Å². The van der Waals surface area contributed by atoms with E-state index in [2.05, 4.69) is 0 Å². The highest BCUT2D eigenvalue weighted by Crippen LogP contribution is 2.34. The van der Waals surface area contributed by atoms with Gasteiger partial charge in [-0.15, -0.1) is 0 Å². The number of halogens is 1. The molecule has 1 aliphatic rings. The number of hydrogen-bond donors (Lipinski definition) is 1. The third kappa shape index (κ3) is 3.82. The van der Waals surface area contributed by atoms with E-state index in [0.29, 0.717) is 19.3 Å². The van der Waals surface area contributed by atoms with Crippen molar-refractivity contribution in [2.45, 2.75) is 45.2 Å². The Morgan fingerprint density at radius 1 is 1.20 bits per heavy atom. The molecule has 0 spiro atoms. The number of nitrogens with zero attached hydrogens (tertiary/aromatic N) is 2. The summed E-state index contributed by atoms with van der Waals surface area (Å²) < 4.78 is 15.7. The highest BCUT2D eigenvalue weighted by Gasteiger charge is 2.30. The summed E-state index contributed by atoms with van der Waals surface area (Å²) in [5.41, 5.74) is 4.77. The van der Waals surface area contributed by atoms with Gasteiger partial charge in [0, 0.05) is 29.7 Å². The first-order chi connectivity index (χ1) is 14.3. The Balaban J connectivity index is 1.60. The molecule has 1 unspecified atom stereocenters. The summed E-state index contributed by atoms with van der Waals surface area (Å²) >= 11 is 0. The van der Waals surface area contributed by atoms with Gasteiger partial charge in [-0.25, -0.2) is 4.39 Å². The van der Waals surface area contributed by atoms with Crippen molar-refractivity contribution < 1.29 is 19.1 Å². The molecule has 4 rings (SSSR count). The standard InChI is InChI=1S/C24H25FN2O3/c1-15-3-5-16(6-4-15)11-23(28)26(2)18-8-10-22-20(13-18)19-12-17(25)7-9-21(19)27(22)14-24(29)30/h3-7,9,12,18H,8,10-11,13-14H2,1-2H3,(H,29,30). The Hall–Kier alpha value is -3.15. The van der Waals surface area contributed by atoms with Gasteiger partial charge in [0.05, 0.1) is 6.42 Å². The number of aliphatic carboxylic acids is 1. The van der Waals surface area contributed by atoms with E-state index in [-0.39, 0.29) is 24.3 Å². The summed E-state index contributed by atoms with van der Waals surface area (Å²) in [4.78, 5) is 26.0. The van der Waals surface area contributed by atoms with Crippen LogP contribution < -0.4 is 0 Å². The van der Waals surface area contributed by atoms with E-state index < -0.39 is 5.97 Å². The van der Waals surface area contributed by atoms with Crippen molar-refractivity contribution in [2.24, 2.45) is 0 Å². The minimum atomic E-state index is -0.924. The fraction of sp³-hybridized carbons (Fsp3) is 0.333. The van der Waals surface area contributed by atoms with E-state index in [1.165, 1.54) is 12.1 Å². The third-order valence-corrected chi connectivity index (χ3v) is 6.11. The van der Waals surface area contributed by atoms with Crippen LogP contribution in [0.25, 0.3) is 10.9 Å². The second-order valence-electron chi connectivity index (χ2n) is 8.13. The molecule has 0 fully saturated rings. The first-order valence-electron chi connectivity index (χ1n) is 10.2. The van der Waals surface area contributed by atoms with Crippen LogP contribution in [-0.2, 0) is 35.4 Å². The first kappa shape index (κ1) is 20.1. The van der Waals surface area contributed by atoms with Gasteiger partial charge in [0.1, 0.15) is 12.4 Å². The maximum absolute atomic E-state index is 13.9. The van der Waals surface area contributed by atoms with E-state index >= 15 is 0 Å². The van der Waals surface area contributed by atoms with Crippen molar-refractivity contribution >= 4 is 22.8 Å². The lowest BCUT2D eigenvalue weighted by molar-refractivity contribution is -0.137. The zero-order valence-electron chi connectivity index (χ0n) is 17.2.